The van der Waals surface area contributed by atoms with Gasteiger partial charge in [0.15, 0.2) is 0 Å². The standard InChI is InChI=1S/C16H26N2O2/c1-11(2)13(4)18-16(19)17-9-8-14-10-12(3)6-7-15(14)20-5/h6-7,10-11,13H,8-9H2,1-5H3,(H2,17,18,19). The van der Waals surface area contributed by atoms with Crippen molar-refractivity contribution < 1.29 is 9.53 Å². The molecule has 1 aromatic carbocycles. The Bertz CT molecular complexity index is 444. The fourth-order valence-corrected chi connectivity index (χ4v) is 1.84. The van der Waals surface area contributed by atoms with Crippen LogP contribution in [-0.4, -0.2) is 25.7 Å². The highest BCUT2D eigenvalue weighted by Gasteiger charge is 2.10. The average Bonchev–Trinajstić information content (AvgIpc) is 2.38. The average molecular weight is 278 g/mol. The summed E-state index contributed by atoms with van der Waals surface area (Å²) >= 11 is 0. The minimum atomic E-state index is -0.113. The molecule has 2 amide bonds. The first kappa shape index (κ1) is 16.3. The minimum absolute atomic E-state index is 0.113. The second-order valence-electron chi connectivity index (χ2n) is 5.50. The van der Waals surface area contributed by atoms with Crippen LogP contribution in [0.3, 0.4) is 0 Å². The second-order valence-corrected chi connectivity index (χ2v) is 5.50. The van der Waals surface area contributed by atoms with Gasteiger partial charge in [0.05, 0.1) is 7.11 Å². The summed E-state index contributed by atoms with van der Waals surface area (Å²) in [5, 5.41) is 5.81. The molecule has 1 aromatic rings. The van der Waals surface area contributed by atoms with Gasteiger partial charge in [-0.2, -0.15) is 0 Å². The monoisotopic (exact) mass is 278 g/mol. The molecule has 0 aliphatic rings. The van der Waals surface area contributed by atoms with Crippen LogP contribution in [0.2, 0.25) is 0 Å². The molecule has 0 heterocycles. The number of urea groups is 1. The zero-order valence-corrected chi connectivity index (χ0v) is 13.1. The quantitative estimate of drug-likeness (QED) is 0.840. The summed E-state index contributed by atoms with van der Waals surface area (Å²) in [7, 11) is 1.67. The van der Waals surface area contributed by atoms with Gasteiger partial charge >= 0.3 is 6.03 Å². The van der Waals surface area contributed by atoms with Crippen molar-refractivity contribution in [3.05, 3.63) is 29.3 Å². The number of aryl methyl sites for hydroxylation is 1. The molecule has 4 nitrogen and oxygen atoms in total. The molecule has 2 N–H and O–H groups in total. The topological polar surface area (TPSA) is 50.4 Å². The molecule has 20 heavy (non-hydrogen) atoms. The van der Waals surface area contributed by atoms with Crippen LogP contribution in [0.1, 0.15) is 31.9 Å². The van der Waals surface area contributed by atoms with E-state index in [0.29, 0.717) is 12.5 Å². The number of rotatable bonds is 6. The molecule has 0 spiro atoms. The van der Waals surface area contributed by atoms with Crippen molar-refractivity contribution in [3.63, 3.8) is 0 Å². The predicted octanol–water partition coefficient (Wildman–Crippen LogP) is 2.89. The van der Waals surface area contributed by atoms with Gasteiger partial charge in [-0.1, -0.05) is 31.5 Å². The highest BCUT2D eigenvalue weighted by atomic mass is 16.5. The molecule has 1 unspecified atom stereocenters. The van der Waals surface area contributed by atoms with Crippen molar-refractivity contribution in [1.82, 2.24) is 10.6 Å². The lowest BCUT2D eigenvalue weighted by atomic mass is 10.1. The number of hydrogen-bond donors (Lipinski definition) is 2. The van der Waals surface area contributed by atoms with Gasteiger partial charge in [0.1, 0.15) is 5.75 Å². The van der Waals surface area contributed by atoms with Crippen molar-refractivity contribution >= 4 is 6.03 Å². The third-order valence-electron chi connectivity index (χ3n) is 3.47. The Morgan fingerprint density at radius 3 is 2.60 bits per heavy atom. The van der Waals surface area contributed by atoms with E-state index in [2.05, 4.69) is 30.5 Å². The van der Waals surface area contributed by atoms with E-state index in [9.17, 15) is 4.79 Å². The fraction of sp³-hybridized carbons (Fsp3) is 0.562. The molecule has 0 fully saturated rings. The Labute approximate surface area is 121 Å². The SMILES string of the molecule is COc1ccc(C)cc1CCNC(=O)NC(C)C(C)C. The highest BCUT2D eigenvalue weighted by molar-refractivity contribution is 5.74. The summed E-state index contributed by atoms with van der Waals surface area (Å²) in [6.07, 6.45) is 0.758. The molecular formula is C16H26N2O2. The Balaban J connectivity index is 2.44. The van der Waals surface area contributed by atoms with Crippen LogP contribution in [0, 0.1) is 12.8 Å². The van der Waals surface area contributed by atoms with Gasteiger partial charge in [-0.25, -0.2) is 4.79 Å². The van der Waals surface area contributed by atoms with Crippen LogP contribution >= 0.6 is 0 Å². The molecule has 0 saturated carbocycles. The molecule has 1 atom stereocenters. The van der Waals surface area contributed by atoms with Gasteiger partial charge in [-0.3, -0.25) is 0 Å². The largest absolute Gasteiger partial charge is 0.496 e. The molecular weight excluding hydrogens is 252 g/mol. The summed E-state index contributed by atoms with van der Waals surface area (Å²) in [6.45, 7) is 8.82. The van der Waals surface area contributed by atoms with Gasteiger partial charge < -0.3 is 15.4 Å². The van der Waals surface area contributed by atoms with Crippen LogP contribution in [-0.2, 0) is 6.42 Å². The van der Waals surface area contributed by atoms with Crippen molar-refractivity contribution in [2.75, 3.05) is 13.7 Å². The smallest absolute Gasteiger partial charge is 0.315 e. The molecule has 0 radical (unpaired) electrons. The van der Waals surface area contributed by atoms with Gasteiger partial charge in [-0.05, 0) is 37.8 Å². The first-order valence-corrected chi connectivity index (χ1v) is 7.12. The minimum Gasteiger partial charge on any atom is -0.496 e. The van der Waals surface area contributed by atoms with Crippen molar-refractivity contribution in [1.29, 1.82) is 0 Å². The van der Waals surface area contributed by atoms with Gasteiger partial charge in [0, 0.05) is 12.6 Å². The second kappa shape index (κ2) is 7.78. The van der Waals surface area contributed by atoms with E-state index in [1.54, 1.807) is 7.11 Å². The first-order valence-electron chi connectivity index (χ1n) is 7.12. The van der Waals surface area contributed by atoms with E-state index in [4.69, 9.17) is 4.74 Å². The zero-order chi connectivity index (χ0) is 15.1. The lowest BCUT2D eigenvalue weighted by Gasteiger charge is -2.18. The van der Waals surface area contributed by atoms with E-state index in [1.165, 1.54) is 5.56 Å². The third-order valence-corrected chi connectivity index (χ3v) is 3.47. The summed E-state index contributed by atoms with van der Waals surface area (Å²) in [5.41, 5.74) is 2.31. The molecule has 0 saturated heterocycles. The van der Waals surface area contributed by atoms with E-state index in [-0.39, 0.29) is 12.1 Å². The number of benzene rings is 1. The molecule has 112 valence electrons. The van der Waals surface area contributed by atoms with Crippen LogP contribution in [0.4, 0.5) is 4.79 Å². The van der Waals surface area contributed by atoms with Gasteiger partial charge in [0.2, 0.25) is 0 Å². The zero-order valence-electron chi connectivity index (χ0n) is 13.1. The lowest BCUT2D eigenvalue weighted by Crippen LogP contribution is -2.43. The molecule has 0 aromatic heterocycles. The third kappa shape index (κ3) is 5.11. The maximum atomic E-state index is 11.7. The van der Waals surface area contributed by atoms with Crippen LogP contribution in [0.5, 0.6) is 5.75 Å². The van der Waals surface area contributed by atoms with Gasteiger partial charge in [-0.15, -0.1) is 0 Å². The number of carbonyl (C=O) groups is 1. The number of hydrogen-bond acceptors (Lipinski definition) is 2. The molecule has 4 heteroatoms. The molecule has 1 rings (SSSR count). The summed E-state index contributed by atoms with van der Waals surface area (Å²) < 4.78 is 5.33. The lowest BCUT2D eigenvalue weighted by molar-refractivity contribution is 0.234. The normalized spacial score (nSPS) is 12.1. The fourth-order valence-electron chi connectivity index (χ4n) is 1.84. The Kier molecular flexibility index (Phi) is 6.36. The summed E-state index contributed by atoms with van der Waals surface area (Å²) in [4.78, 5) is 11.7. The van der Waals surface area contributed by atoms with Crippen molar-refractivity contribution in [3.8, 4) is 5.75 Å². The number of nitrogens with one attached hydrogen (secondary N) is 2. The summed E-state index contributed by atoms with van der Waals surface area (Å²) in [6, 6.07) is 6.13. The maximum absolute atomic E-state index is 11.7. The van der Waals surface area contributed by atoms with Crippen LogP contribution in [0.25, 0.3) is 0 Å². The highest BCUT2D eigenvalue weighted by Crippen LogP contribution is 2.19. The molecule has 0 bridgehead atoms. The van der Waals surface area contributed by atoms with E-state index in [1.807, 2.05) is 26.0 Å². The van der Waals surface area contributed by atoms with Gasteiger partial charge in [0.25, 0.3) is 0 Å². The van der Waals surface area contributed by atoms with Crippen LogP contribution < -0.4 is 15.4 Å². The number of methoxy groups -OCH3 is 1. The van der Waals surface area contributed by atoms with E-state index < -0.39 is 0 Å². The van der Waals surface area contributed by atoms with Crippen molar-refractivity contribution in [2.24, 2.45) is 5.92 Å². The Morgan fingerprint density at radius 2 is 2.00 bits per heavy atom. The molecule has 0 aliphatic heterocycles. The predicted molar refractivity (Wildman–Crippen MR) is 82.3 cm³/mol. The number of carbonyl (C=O) groups excluding carboxylic acids is 1. The Hall–Kier alpha value is -1.71. The first-order chi connectivity index (χ1) is 9.43. The van der Waals surface area contributed by atoms with Crippen molar-refractivity contribution in [2.45, 2.75) is 40.2 Å². The Morgan fingerprint density at radius 1 is 1.30 bits per heavy atom. The van der Waals surface area contributed by atoms with Crippen LogP contribution in [0.15, 0.2) is 18.2 Å². The molecule has 0 aliphatic carbocycles. The van der Waals surface area contributed by atoms with E-state index in [0.717, 1.165) is 17.7 Å². The number of ether oxygens (including phenoxy) is 1. The summed E-state index contributed by atoms with van der Waals surface area (Å²) in [5.74, 6) is 1.30. The van der Waals surface area contributed by atoms with E-state index >= 15 is 0 Å². The maximum Gasteiger partial charge on any atom is 0.315 e. The number of amides is 2.